The van der Waals surface area contributed by atoms with Crippen molar-refractivity contribution in [1.29, 1.82) is 0 Å². The second kappa shape index (κ2) is 9.15. The normalized spacial score (nSPS) is 13.2. The van der Waals surface area contributed by atoms with Gasteiger partial charge in [-0.05, 0) is 68.8 Å². The number of amides is 2. The molecule has 2 aromatic rings. The summed E-state index contributed by atoms with van der Waals surface area (Å²) in [5.74, 6) is -0.102. The molecule has 0 unspecified atom stereocenters. The van der Waals surface area contributed by atoms with Crippen molar-refractivity contribution in [2.45, 2.75) is 37.6 Å². The highest BCUT2D eigenvalue weighted by Crippen LogP contribution is 2.30. The molecule has 148 valence electrons. The van der Waals surface area contributed by atoms with E-state index in [1.54, 1.807) is 11.8 Å². The first-order valence-corrected chi connectivity index (χ1v) is 10.8. The van der Waals surface area contributed by atoms with Crippen LogP contribution in [0, 0.1) is 0 Å². The lowest BCUT2D eigenvalue weighted by molar-refractivity contribution is -0.115. The van der Waals surface area contributed by atoms with Gasteiger partial charge >= 0.3 is 0 Å². The highest BCUT2D eigenvalue weighted by atomic mass is 32.2. The van der Waals surface area contributed by atoms with E-state index >= 15 is 0 Å². The van der Waals surface area contributed by atoms with Gasteiger partial charge in [-0.15, -0.1) is 11.8 Å². The Hall–Kier alpha value is -2.47. The van der Waals surface area contributed by atoms with Crippen molar-refractivity contribution in [3.8, 4) is 0 Å². The number of benzene rings is 2. The first-order chi connectivity index (χ1) is 13.5. The van der Waals surface area contributed by atoms with Gasteiger partial charge in [0.15, 0.2) is 0 Å². The second-order valence-electron chi connectivity index (χ2n) is 7.24. The number of fused-ring (bicyclic) bond motifs is 1. The standard InChI is InChI=1S/C22H27N3O2S/c1-15(2)23-22(27)19-9-5-11-20-18(19)10-6-12-25(20)14-21(26)24-16-7-4-8-17(13-16)28-3/h4-5,7-9,11,13,15H,6,10,12,14H2,1-3H3,(H,23,27)(H,24,26). The quantitative estimate of drug-likeness (QED) is 0.725. The van der Waals surface area contributed by atoms with Gasteiger partial charge in [0.05, 0.1) is 6.54 Å². The molecule has 0 bridgehead atoms. The molecule has 2 N–H and O–H groups in total. The Bertz CT molecular complexity index is 867. The molecule has 0 aliphatic carbocycles. The Labute approximate surface area is 170 Å². The third kappa shape index (κ3) is 4.87. The molecule has 28 heavy (non-hydrogen) atoms. The van der Waals surface area contributed by atoms with Crippen LogP contribution in [0.1, 0.15) is 36.2 Å². The summed E-state index contributed by atoms with van der Waals surface area (Å²) in [5, 5.41) is 5.95. The number of anilines is 2. The molecule has 0 saturated carbocycles. The molecule has 2 aromatic carbocycles. The monoisotopic (exact) mass is 397 g/mol. The number of nitrogens with zero attached hydrogens (tertiary/aromatic N) is 1. The Balaban J connectivity index is 1.75. The van der Waals surface area contributed by atoms with E-state index in [-0.39, 0.29) is 24.4 Å². The van der Waals surface area contributed by atoms with Crippen LogP contribution in [0.2, 0.25) is 0 Å². The fourth-order valence-electron chi connectivity index (χ4n) is 3.49. The third-order valence-electron chi connectivity index (χ3n) is 4.70. The number of hydrogen-bond donors (Lipinski definition) is 2. The van der Waals surface area contributed by atoms with E-state index in [1.165, 1.54) is 0 Å². The zero-order chi connectivity index (χ0) is 20.1. The maximum absolute atomic E-state index is 12.6. The molecule has 6 heteroatoms. The lowest BCUT2D eigenvalue weighted by Crippen LogP contribution is -2.38. The van der Waals surface area contributed by atoms with Crippen LogP contribution in [0.25, 0.3) is 0 Å². The molecule has 1 heterocycles. The fourth-order valence-corrected chi connectivity index (χ4v) is 3.95. The third-order valence-corrected chi connectivity index (χ3v) is 5.42. The molecule has 5 nitrogen and oxygen atoms in total. The minimum Gasteiger partial charge on any atom is -0.362 e. The van der Waals surface area contributed by atoms with Crippen LogP contribution >= 0.6 is 11.8 Å². The zero-order valence-corrected chi connectivity index (χ0v) is 17.4. The van der Waals surface area contributed by atoms with Crippen molar-refractivity contribution >= 4 is 35.0 Å². The van der Waals surface area contributed by atoms with Gasteiger partial charge in [-0.1, -0.05) is 12.1 Å². The van der Waals surface area contributed by atoms with Crippen LogP contribution in [0.4, 0.5) is 11.4 Å². The first kappa shape index (κ1) is 20.3. The fraction of sp³-hybridized carbons (Fsp3) is 0.364. The molecule has 0 saturated heterocycles. The molecule has 0 fully saturated rings. The summed E-state index contributed by atoms with van der Waals surface area (Å²) in [5.41, 5.74) is 3.53. The van der Waals surface area contributed by atoms with E-state index in [9.17, 15) is 9.59 Å². The van der Waals surface area contributed by atoms with Crippen molar-refractivity contribution in [3.05, 3.63) is 53.6 Å². The second-order valence-corrected chi connectivity index (χ2v) is 8.12. The summed E-state index contributed by atoms with van der Waals surface area (Å²) >= 11 is 1.65. The predicted octanol–water partition coefficient (Wildman–Crippen LogP) is 3.94. The van der Waals surface area contributed by atoms with E-state index in [2.05, 4.69) is 15.5 Å². The highest BCUT2D eigenvalue weighted by Gasteiger charge is 2.23. The van der Waals surface area contributed by atoms with Gasteiger partial charge in [-0.25, -0.2) is 0 Å². The van der Waals surface area contributed by atoms with Crippen molar-refractivity contribution in [3.63, 3.8) is 0 Å². The van der Waals surface area contributed by atoms with Crippen LogP contribution in [0.15, 0.2) is 47.4 Å². The van der Waals surface area contributed by atoms with Gasteiger partial charge in [0.25, 0.3) is 5.91 Å². The van der Waals surface area contributed by atoms with Gasteiger partial charge in [-0.3, -0.25) is 9.59 Å². The number of hydrogen-bond acceptors (Lipinski definition) is 4. The van der Waals surface area contributed by atoms with Gasteiger partial charge in [0.2, 0.25) is 5.91 Å². The topological polar surface area (TPSA) is 61.4 Å². The summed E-state index contributed by atoms with van der Waals surface area (Å²) in [4.78, 5) is 28.3. The summed E-state index contributed by atoms with van der Waals surface area (Å²) in [7, 11) is 0. The number of carbonyl (C=O) groups excluding carboxylic acids is 2. The Morgan fingerprint density at radius 3 is 2.71 bits per heavy atom. The molecule has 0 spiro atoms. The van der Waals surface area contributed by atoms with Crippen LogP contribution in [0.3, 0.4) is 0 Å². The van der Waals surface area contributed by atoms with Crippen LogP contribution < -0.4 is 15.5 Å². The van der Waals surface area contributed by atoms with E-state index in [0.29, 0.717) is 5.56 Å². The molecule has 1 aliphatic heterocycles. The molecule has 2 amide bonds. The van der Waals surface area contributed by atoms with Crippen molar-refractivity contribution in [2.24, 2.45) is 0 Å². The van der Waals surface area contributed by atoms with E-state index in [0.717, 1.165) is 41.2 Å². The minimum atomic E-state index is -0.0526. The average molecular weight is 398 g/mol. The van der Waals surface area contributed by atoms with E-state index < -0.39 is 0 Å². The van der Waals surface area contributed by atoms with Crippen molar-refractivity contribution in [2.75, 3.05) is 29.6 Å². The average Bonchev–Trinajstić information content (AvgIpc) is 2.67. The van der Waals surface area contributed by atoms with E-state index in [4.69, 9.17) is 0 Å². The highest BCUT2D eigenvalue weighted by molar-refractivity contribution is 7.98. The Kier molecular flexibility index (Phi) is 6.62. The maximum atomic E-state index is 12.6. The van der Waals surface area contributed by atoms with Crippen LogP contribution in [-0.2, 0) is 11.2 Å². The van der Waals surface area contributed by atoms with Crippen molar-refractivity contribution < 1.29 is 9.59 Å². The summed E-state index contributed by atoms with van der Waals surface area (Å²) in [6.45, 7) is 4.98. The lowest BCUT2D eigenvalue weighted by Gasteiger charge is -2.32. The molecule has 0 radical (unpaired) electrons. The van der Waals surface area contributed by atoms with Crippen LogP contribution in [-0.4, -0.2) is 37.2 Å². The zero-order valence-electron chi connectivity index (χ0n) is 16.6. The first-order valence-electron chi connectivity index (χ1n) is 9.59. The minimum absolute atomic E-state index is 0.0490. The number of rotatable bonds is 6. The number of carbonyl (C=O) groups is 2. The Morgan fingerprint density at radius 2 is 1.96 bits per heavy atom. The van der Waals surface area contributed by atoms with E-state index in [1.807, 2.05) is 62.6 Å². The summed E-state index contributed by atoms with van der Waals surface area (Å²) in [6, 6.07) is 13.7. The molecule has 3 rings (SSSR count). The predicted molar refractivity (Wildman–Crippen MR) is 116 cm³/mol. The van der Waals surface area contributed by atoms with Gasteiger partial charge in [-0.2, -0.15) is 0 Å². The lowest BCUT2D eigenvalue weighted by atomic mass is 9.95. The molecule has 1 aliphatic rings. The summed E-state index contributed by atoms with van der Waals surface area (Å²) < 4.78 is 0. The SMILES string of the molecule is CSc1cccc(NC(=O)CN2CCCc3c(C(=O)NC(C)C)cccc32)c1. The van der Waals surface area contributed by atoms with Gasteiger partial charge < -0.3 is 15.5 Å². The van der Waals surface area contributed by atoms with Gasteiger partial charge in [0, 0.05) is 34.4 Å². The smallest absolute Gasteiger partial charge is 0.251 e. The molecule has 0 aromatic heterocycles. The van der Waals surface area contributed by atoms with Crippen molar-refractivity contribution in [1.82, 2.24) is 5.32 Å². The van der Waals surface area contributed by atoms with Gasteiger partial charge in [0.1, 0.15) is 0 Å². The number of nitrogens with one attached hydrogen (secondary N) is 2. The van der Waals surface area contributed by atoms with Crippen LogP contribution in [0.5, 0.6) is 0 Å². The molecular weight excluding hydrogens is 370 g/mol. The molecule has 0 atom stereocenters. The molecular formula is C22H27N3O2S. The Morgan fingerprint density at radius 1 is 1.18 bits per heavy atom. The maximum Gasteiger partial charge on any atom is 0.251 e. The number of thioether (sulfide) groups is 1. The summed E-state index contributed by atoms with van der Waals surface area (Å²) in [6.07, 6.45) is 3.79. The largest absolute Gasteiger partial charge is 0.362 e.